The van der Waals surface area contributed by atoms with E-state index in [1.54, 1.807) is 24.5 Å². The molecule has 0 bridgehead atoms. The summed E-state index contributed by atoms with van der Waals surface area (Å²) in [5.74, 6) is 0.527. The maximum absolute atomic E-state index is 13.0. The second kappa shape index (κ2) is 6.99. The van der Waals surface area contributed by atoms with Crippen LogP contribution in [0.25, 0.3) is 0 Å². The van der Waals surface area contributed by atoms with Gasteiger partial charge in [-0.25, -0.2) is 0 Å². The molecule has 1 aromatic heterocycles. The second-order valence-electron chi connectivity index (χ2n) is 6.36. The molecule has 0 unspecified atom stereocenters. The van der Waals surface area contributed by atoms with Crippen LogP contribution in [0, 0.1) is 0 Å². The summed E-state index contributed by atoms with van der Waals surface area (Å²) in [5.41, 5.74) is 3.84. The van der Waals surface area contributed by atoms with E-state index in [9.17, 15) is 13.2 Å². The highest BCUT2D eigenvalue weighted by atomic mass is 19.4. The van der Waals surface area contributed by atoms with E-state index in [1.165, 1.54) is 13.2 Å². The van der Waals surface area contributed by atoms with Gasteiger partial charge in [-0.1, -0.05) is 6.07 Å². The standard InChI is InChI=1S/C21H16F3N3O/c1-28-20-6-5-13(18-10-14-12-25-8-7-17(14)27-18)9-19(20)26-16-4-2-3-15(11-16)21(22,23)24/h2-9,11-12,26H,10H2,1H3. The summed E-state index contributed by atoms with van der Waals surface area (Å²) in [7, 11) is 1.51. The Hall–Kier alpha value is -3.35. The molecule has 4 nitrogen and oxygen atoms in total. The lowest BCUT2D eigenvalue weighted by Crippen LogP contribution is -2.06. The van der Waals surface area contributed by atoms with Gasteiger partial charge in [-0.3, -0.25) is 9.98 Å². The maximum atomic E-state index is 13.0. The smallest absolute Gasteiger partial charge is 0.416 e. The van der Waals surface area contributed by atoms with Gasteiger partial charge in [-0.2, -0.15) is 13.2 Å². The van der Waals surface area contributed by atoms with Gasteiger partial charge in [0.05, 0.1) is 29.8 Å². The summed E-state index contributed by atoms with van der Waals surface area (Å²) < 4.78 is 44.3. The molecule has 0 spiro atoms. The summed E-state index contributed by atoms with van der Waals surface area (Å²) in [5, 5.41) is 3.03. The molecule has 0 aliphatic carbocycles. The molecule has 0 saturated carbocycles. The molecule has 28 heavy (non-hydrogen) atoms. The summed E-state index contributed by atoms with van der Waals surface area (Å²) in [6.45, 7) is 0. The molecule has 0 radical (unpaired) electrons. The van der Waals surface area contributed by atoms with Crippen LogP contribution in [-0.2, 0) is 12.6 Å². The van der Waals surface area contributed by atoms with Crippen LogP contribution >= 0.6 is 0 Å². The van der Waals surface area contributed by atoms with E-state index in [1.807, 2.05) is 18.2 Å². The van der Waals surface area contributed by atoms with Gasteiger partial charge in [-0.15, -0.1) is 0 Å². The number of hydrogen-bond acceptors (Lipinski definition) is 4. The Morgan fingerprint density at radius 2 is 1.93 bits per heavy atom. The quantitative estimate of drug-likeness (QED) is 0.644. The number of rotatable bonds is 4. The van der Waals surface area contributed by atoms with E-state index in [0.29, 0.717) is 23.5 Å². The van der Waals surface area contributed by atoms with Gasteiger partial charge in [0, 0.05) is 30.1 Å². The monoisotopic (exact) mass is 383 g/mol. The number of methoxy groups -OCH3 is 1. The summed E-state index contributed by atoms with van der Waals surface area (Å²) in [4.78, 5) is 8.75. The predicted octanol–water partition coefficient (Wildman–Crippen LogP) is 5.53. The van der Waals surface area contributed by atoms with Crippen LogP contribution in [0.3, 0.4) is 0 Å². The molecule has 1 aliphatic heterocycles. The molecule has 0 atom stereocenters. The Morgan fingerprint density at radius 3 is 2.68 bits per heavy atom. The second-order valence-corrected chi connectivity index (χ2v) is 6.36. The zero-order valence-corrected chi connectivity index (χ0v) is 14.9. The molecule has 142 valence electrons. The molecule has 2 aromatic carbocycles. The maximum Gasteiger partial charge on any atom is 0.416 e. The average molecular weight is 383 g/mol. The fraction of sp³-hybridized carbons (Fsp3) is 0.143. The number of alkyl halides is 3. The first kappa shape index (κ1) is 18.0. The van der Waals surface area contributed by atoms with Crippen LogP contribution < -0.4 is 10.1 Å². The van der Waals surface area contributed by atoms with Gasteiger partial charge in [-0.05, 0) is 48.0 Å². The summed E-state index contributed by atoms with van der Waals surface area (Å²) in [6.07, 6.45) is -0.266. The molecule has 1 aliphatic rings. The number of anilines is 2. The van der Waals surface area contributed by atoms with Crippen molar-refractivity contribution in [3.05, 3.63) is 77.6 Å². The van der Waals surface area contributed by atoms with Crippen LogP contribution in [0.15, 0.2) is 65.9 Å². The Labute approximate surface area is 159 Å². The van der Waals surface area contributed by atoms with Gasteiger partial charge in [0.25, 0.3) is 0 Å². The fourth-order valence-corrected chi connectivity index (χ4v) is 3.11. The Morgan fingerprint density at radius 1 is 1.07 bits per heavy atom. The van der Waals surface area contributed by atoms with Crippen LogP contribution in [0.1, 0.15) is 16.7 Å². The first-order chi connectivity index (χ1) is 13.4. The third kappa shape index (κ3) is 3.55. The largest absolute Gasteiger partial charge is 0.495 e. The Bertz CT molecular complexity index is 1060. The normalized spacial score (nSPS) is 13.1. The van der Waals surface area contributed by atoms with Crippen molar-refractivity contribution in [2.45, 2.75) is 12.6 Å². The minimum absolute atomic E-state index is 0.325. The van der Waals surface area contributed by atoms with Gasteiger partial charge in [0.2, 0.25) is 0 Å². The molecule has 0 saturated heterocycles. The molecule has 0 amide bonds. The number of aromatic nitrogens is 1. The van der Waals surface area contributed by atoms with Crippen molar-refractivity contribution < 1.29 is 17.9 Å². The number of pyridine rings is 1. The molecule has 2 heterocycles. The van der Waals surface area contributed by atoms with E-state index >= 15 is 0 Å². The minimum atomic E-state index is -4.40. The van der Waals surface area contributed by atoms with Crippen LogP contribution in [-0.4, -0.2) is 17.8 Å². The molecule has 7 heteroatoms. The third-order valence-electron chi connectivity index (χ3n) is 4.49. The van der Waals surface area contributed by atoms with Crippen LogP contribution in [0.5, 0.6) is 5.75 Å². The number of aliphatic imine (C=N–C) groups is 1. The molecule has 4 rings (SSSR count). The van der Waals surface area contributed by atoms with Gasteiger partial charge in [0.1, 0.15) is 5.75 Å². The molecular weight excluding hydrogens is 367 g/mol. The van der Waals surface area contributed by atoms with Gasteiger partial charge >= 0.3 is 6.18 Å². The highest BCUT2D eigenvalue weighted by Crippen LogP contribution is 2.35. The predicted molar refractivity (Wildman–Crippen MR) is 102 cm³/mol. The highest BCUT2D eigenvalue weighted by Gasteiger charge is 2.30. The van der Waals surface area contributed by atoms with E-state index in [4.69, 9.17) is 4.74 Å². The highest BCUT2D eigenvalue weighted by molar-refractivity contribution is 6.07. The third-order valence-corrected chi connectivity index (χ3v) is 4.49. The molecular formula is C21H16F3N3O. The van der Waals surface area contributed by atoms with E-state index in [2.05, 4.69) is 15.3 Å². The molecule has 3 aromatic rings. The minimum Gasteiger partial charge on any atom is -0.495 e. The van der Waals surface area contributed by atoms with Crippen molar-refractivity contribution in [2.24, 2.45) is 4.99 Å². The van der Waals surface area contributed by atoms with Crippen LogP contribution in [0.4, 0.5) is 30.2 Å². The number of benzene rings is 2. The summed E-state index contributed by atoms with van der Waals surface area (Å²) in [6, 6.07) is 12.4. The van der Waals surface area contributed by atoms with Crippen LogP contribution in [0.2, 0.25) is 0 Å². The molecule has 0 fully saturated rings. The van der Waals surface area contributed by atoms with E-state index in [-0.39, 0.29) is 0 Å². The van der Waals surface area contributed by atoms with Crippen molar-refractivity contribution in [2.75, 3.05) is 12.4 Å². The lowest BCUT2D eigenvalue weighted by molar-refractivity contribution is -0.137. The van der Waals surface area contributed by atoms with Crippen molar-refractivity contribution >= 4 is 22.8 Å². The van der Waals surface area contributed by atoms with Crippen molar-refractivity contribution in [1.29, 1.82) is 0 Å². The number of nitrogens with zero attached hydrogens (tertiary/aromatic N) is 2. The Balaban J connectivity index is 1.66. The lowest BCUT2D eigenvalue weighted by atomic mass is 10.0. The zero-order valence-electron chi connectivity index (χ0n) is 14.9. The number of fused-ring (bicyclic) bond motifs is 1. The van der Waals surface area contributed by atoms with E-state index in [0.717, 1.165) is 34.7 Å². The van der Waals surface area contributed by atoms with E-state index < -0.39 is 11.7 Å². The topological polar surface area (TPSA) is 46.5 Å². The van der Waals surface area contributed by atoms with Crippen molar-refractivity contribution in [1.82, 2.24) is 4.98 Å². The number of ether oxygens (including phenoxy) is 1. The average Bonchev–Trinajstić information content (AvgIpc) is 3.12. The SMILES string of the molecule is COc1ccc(C2=Nc3ccncc3C2)cc1Nc1cccc(C(F)(F)F)c1. The Kier molecular flexibility index (Phi) is 4.50. The number of nitrogens with one attached hydrogen (secondary N) is 1. The zero-order chi connectivity index (χ0) is 19.7. The number of halogens is 3. The summed E-state index contributed by atoms with van der Waals surface area (Å²) >= 11 is 0. The number of hydrogen-bond donors (Lipinski definition) is 1. The van der Waals surface area contributed by atoms with Crippen molar-refractivity contribution in [3.8, 4) is 5.75 Å². The first-order valence-electron chi connectivity index (χ1n) is 8.57. The van der Waals surface area contributed by atoms with Crippen molar-refractivity contribution in [3.63, 3.8) is 0 Å². The van der Waals surface area contributed by atoms with Gasteiger partial charge in [0.15, 0.2) is 0 Å². The first-order valence-corrected chi connectivity index (χ1v) is 8.57. The fourth-order valence-electron chi connectivity index (χ4n) is 3.11. The van der Waals surface area contributed by atoms with Gasteiger partial charge < -0.3 is 10.1 Å². The molecule has 1 N–H and O–H groups in total. The lowest BCUT2D eigenvalue weighted by Gasteiger charge is -2.14.